The lowest BCUT2D eigenvalue weighted by molar-refractivity contribution is -0.133. The number of hydrogen-bond acceptors (Lipinski definition) is 3. The molecule has 0 saturated carbocycles. The number of aromatic nitrogens is 2. The van der Waals surface area contributed by atoms with Gasteiger partial charge in [0.2, 0.25) is 5.91 Å². The molecule has 5 rings (SSSR count). The van der Waals surface area contributed by atoms with E-state index in [1.165, 1.54) is 18.2 Å². The Hall–Kier alpha value is -3.09. The van der Waals surface area contributed by atoms with Crippen LogP contribution in [0.3, 0.4) is 0 Å². The largest absolute Gasteiger partial charge is 0.508 e. The number of halogens is 3. The number of phenolic OH excluding ortho intramolecular Hbond substituents is 1. The first-order valence-electron chi connectivity index (χ1n) is 10.6. The average molecular weight is 484 g/mol. The Morgan fingerprint density at radius 2 is 1.85 bits per heavy atom. The van der Waals surface area contributed by atoms with Crippen molar-refractivity contribution in [2.75, 3.05) is 6.54 Å². The van der Waals surface area contributed by atoms with Crippen LogP contribution in [0.2, 0.25) is 10.0 Å². The topological polar surface area (TPSA) is 58.4 Å². The number of aromatic hydroxyl groups is 1. The van der Waals surface area contributed by atoms with E-state index in [9.17, 15) is 14.3 Å². The third-order valence-electron chi connectivity index (χ3n) is 6.08. The van der Waals surface area contributed by atoms with E-state index in [1.54, 1.807) is 40.0 Å². The molecule has 0 bridgehead atoms. The minimum atomic E-state index is -0.565. The lowest BCUT2D eigenvalue weighted by Crippen LogP contribution is -2.41. The van der Waals surface area contributed by atoms with E-state index in [0.717, 1.165) is 22.0 Å². The maximum Gasteiger partial charge on any atom is 0.225 e. The number of hydrogen-bond donors (Lipinski definition) is 1. The summed E-state index contributed by atoms with van der Waals surface area (Å²) in [5.41, 5.74) is 2.97. The molecule has 2 heterocycles. The van der Waals surface area contributed by atoms with Gasteiger partial charge in [-0.3, -0.25) is 9.48 Å². The summed E-state index contributed by atoms with van der Waals surface area (Å²) in [5, 5.41) is 17.0. The van der Waals surface area contributed by atoms with Crippen LogP contribution in [0.5, 0.6) is 5.75 Å². The fourth-order valence-electron chi connectivity index (χ4n) is 4.51. The van der Waals surface area contributed by atoms with Crippen molar-refractivity contribution in [3.05, 3.63) is 93.3 Å². The van der Waals surface area contributed by atoms with E-state index in [0.29, 0.717) is 35.1 Å². The second-order valence-corrected chi connectivity index (χ2v) is 8.98. The number of nitrogens with zero attached hydrogens (tertiary/aromatic N) is 3. The number of aryl methyl sites for hydroxylation is 1. The molecule has 168 valence electrons. The fourth-order valence-corrected chi connectivity index (χ4v) is 4.86. The third kappa shape index (κ3) is 4.16. The number of fused-ring (bicyclic) bond motifs is 2. The first kappa shape index (κ1) is 21.7. The third-order valence-corrected chi connectivity index (χ3v) is 6.55. The zero-order valence-electron chi connectivity index (χ0n) is 17.5. The van der Waals surface area contributed by atoms with Crippen molar-refractivity contribution in [2.24, 2.45) is 0 Å². The number of carbonyl (C=O) groups is 1. The quantitative estimate of drug-likeness (QED) is 0.401. The highest BCUT2D eigenvalue weighted by molar-refractivity contribution is 6.31. The Balaban J connectivity index is 1.47. The van der Waals surface area contributed by atoms with Crippen LogP contribution in [0.1, 0.15) is 29.2 Å². The Labute approximate surface area is 200 Å². The van der Waals surface area contributed by atoms with Gasteiger partial charge in [-0.05, 0) is 66.1 Å². The molecule has 0 aliphatic carbocycles. The molecule has 1 aromatic heterocycles. The highest BCUT2D eigenvalue weighted by Gasteiger charge is 2.33. The van der Waals surface area contributed by atoms with Crippen molar-refractivity contribution < 1.29 is 14.3 Å². The summed E-state index contributed by atoms with van der Waals surface area (Å²) in [5.74, 6) is -0.390. The Morgan fingerprint density at radius 3 is 2.70 bits per heavy atom. The average Bonchev–Trinajstić information content (AvgIpc) is 3.20. The summed E-state index contributed by atoms with van der Waals surface area (Å²) in [6, 6.07) is 14.3. The highest BCUT2D eigenvalue weighted by atomic mass is 35.5. The second-order valence-electron chi connectivity index (χ2n) is 8.11. The Kier molecular flexibility index (Phi) is 5.72. The van der Waals surface area contributed by atoms with Crippen LogP contribution in [0, 0.1) is 5.82 Å². The minimum absolute atomic E-state index is 0.0343. The van der Waals surface area contributed by atoms with Crippen LogP contribution in [0.4, 0.5) is 4.39 Å². The summed E-state index contributed by atoms with van der Waals surface area (Å²) in [6.07, 6.45) is 2.48. The molecule has 8 heteroatoms. The van der Waals surface area contributed by atoms with Crippen LogP contribution < -0.4 is 0 Å². The van der Waals surface area contributed by atoms with Crippen LogP contribution in [0.25, 0.3) is 10.9 Å². The molecule has 0 spiro atoms. The maximum atomic E-state index is 13.9. The van der Waals surface area contributed by atoms with Gasteiger partial charge in [-0.15, -0.1) is 0 Å². The normalized spacial score (nSPS) is 15.6. The van der Waals surface area contributed by atoms with Gasteiger partial charge in [0.1, 0.15) is 11.6 Å². The molecule has 0 fully saturated rings. The SMILES string of the molecule is O=C(CCn1ncc2ccc(Cl)cc21)N1CCc2cc(F)ccc2[C@H]1c1cc(Cl)ccc1O. The van der Waals surface area contributed by atoms with E-state index in [2.05, 4.69) is 5.10 Å². The monoisotopic (exact) mass is 483 g/mol. The molecular formula is C25H20Cl2FN3O2. The number of phenols is 1. The van der Waals surface area contributed by atoms with Crippen molar-refractivity contribution in [1.29, 1.82) is 0 Å². The van der Waals surface area contributed by atoms with E-state index >= 15 is 0 Å². The van der Waals surface area contributed by atoms with Gasteiger partial charge in [0.25, 0.3) is 0 Å². The van der Waals surface area contributed by atoms with Gasteiger partial charge < -0.3 is 10.0 Å². The van der Waals surface area contributed by atoms with Gasteiger partial charge in [0.05, 0.1) is 24.3 Å². The van der Waals surface area contributed by atoms with Crippen molar-refractivity contribution in [1.82, 2.24) is 14.7 Å². The molecule has 1 N–H and O–H groups in total. The lowest BCUT2D eigenvalue weighted by atomic mass is 9.87. The van der Waals surface area contributed by atoms with Gasteiger partial charge >= 0.3 is 0 Å². The summed E-state index contributed by atoms with van der Waals surface area (Å²) < 4.78 is 15.6. The summed E-state index contributed by atoms with van der Waals surface area (Å²) >= 11 is 12.3. The Bertz CT molecular complexity index is 1370. The van der Waals surface area contributed by atoms with Crippen LogP contribution >= 0.6 is 23.2 Å². The first-order chi connectivity index (χ1) is 15.9. The molecule has 1 atom stereocenters. The molecule has 1 amide bonds. The van der Waals surface area contributed by atoms with Crippen molar-refractivity contribution in [2.45, 2.75) is 25.4 Å². The molecule has 5 nitrogen and oxygen atoms in total. The van der Waals surface area contributed by atoms with Crippen LogP contribution in [0.15, 0.2) is 60.8 Å². The van der Waals surface area contributed by atoms with Crippen molar-refractivity contribution >= 4 is 40.0 Å². The van der Waals surface area contributed by atoms with Gasteiger partial charge in [-0.2, -0.15) is 5.10 Å². The predicted molar refractivity (Wildman–Crippen MR) is 126 cm³/mol. The summed E-state index contributed by atoms with van der Waals surface area (Å²) in [4.78, 5) is 15.1. The van der Waals surface area contributed by atoms with Gasteiger partial charge in [0.15, 0.2) is 0 Å². The summed E-state index contributed by atoms with van der Waals surface area (Å²) in [7, 11) is 0. The first-order valence-corrected chi connectivity index (χ1v) is 11.3. The number of amides is 1. The molecule has 3 aromatic carbocycles. The van der Waals surface area contributed by atoms with Gasteiger partial charge in [0, 0.05) is 34.0 Å². The highest BCUT2D eigenvalue weighted by Crippen LogP contribution is 2.40. The van der Waals surface area contributed by atoms with Crippen molar-refractivity contribution in [3.63, 3.8) is 0 Å². The molecule has 0 saturated heterocycles. The predicted octanol–water partition coefficient (Wildman–Crippen LogP) is 5.75. The molecule has 1 aliphatic heterocycles. The molecule has 0 radical (unpaired) electrons. The molecule has 4 aromatic rings. The number of carbonyl (C=O) groups excluding carboxylic acids is 1. The standard InChI is InChI=1S/C25H20Cl2FN3O2/c26-17-3-6-23(32)21(12-17)25-20-5-4-19(28)11-15(20)7-9-30(25)24(33)8-10-31-22-13-18(27)2-1-16(22)14-29-31/h1-6,11-14,25,32H,7-10H2/t25-/m0/s1. The zero-order valence-corrected chi connectivity index (χ0v) is 19.0. The van der Waals surface area contributed by atoms with Crippen LogP contribution in [-0.2, 0) is 17.8 Å². The van der Waals surface area contributed by atoms with Crippen molar-refractivity contribution in [3.8, 4) is 5.75 Å². The fraction of sp³-hybridized carbons (Fsp3) is 0.200. The molecule has 0 unspecified atom stereocenters. The minimum Gasteiger partial charge on any atom is -0.508 e. The van der Waals surface area contributed by atoms with Gasteiger partial charge in [-0.1, -0.05) is 29.3 Å². The number of rotatable bonds is 4. The number of benzene rings is 3. The lowest BCUT2D eigenvalue weighted by Gasteiger charge is -2.38. The van der Waals surface area contributed by atoms with E-state index in [4.69, 9.17) is 23.2 Å². The molecule has 1 aliphatic rings. The van der Waals surface area contributed by atoms with Gasteiger partial charge in [-0.25, -0.2) is 4.39 Å². The maximum absolute atomic E-state index is 13.9. The summed E-state index contributed by atoms with van der Waals surface area (Å²) in [6.45, 7) is 0.779. The molecule has 33 heavy (non-hydrogen) atoms. The smallest absolute Gasteiger partial charge is 0.225 e. The van der Waals surface area contributed by atoms with E-state index < -0.39 is 6.04 Å². The second kappa shape index (κ2) is 8.69. The molecular weight excluding hydrogens is 464 g/mol. The zero-order chi connectivity index (χ0) is 23.1. The Morgan fingerprint density at radius 1 is 1.06 bits per heavy atom. The van der Waals surface area contributed by atoms with E-state index in [-0.39, 0.29) is 23.9 Å². The van der Waals surface area contributed by atoms with E-state index in [1.807, 2.05) is 12.1 Å². The van der Waals surface area contributed by atoms with Crippen LogP contribution in [-0.4, -0.2) is 32.2 Å².